The van der Waals surface area contributed by atoms with Crippen LogP contribution in [0.5, 0.6) is 5.75 Å². The van der Waals surface area contributed by atoms with Gasteiger partial charge in [0.1, 0.15) is 23.8 Å². The van der Waals surface area contributed by atoms with E-state index >= 15 is 0 Å². The van der Waals surface area contributed by atoms with Gasteiger partial charge in [-0.25, -0.2) is 4.39 Å². The van der Waals surface area contributed by atoms with Crippen molar-refractivity contribution in [1.82, 2.24) is 0 Å². The smallest absolute Gasteiger partial charge is 0.297 e. The van der Waals surface area contributed by atoms with E-state index in [1.807, 2.05) is 13.8 Å². The fraction of sp³-hybridized carbons (Fsp3) is 0.280. The van der Waals surface area contributed by atoms with E-state index in [0.29, 0.717) is 17.7 Å². The van der Waals surface area contributed by atoms with Crippen LogP contribution in [0.3, 0.4) is 0 Å². The summed E-state index contributed by atoms with van der Waals surface area (Å²) in [6.07, 6.45) is -1.45. The Bertz CT molecular complexity index is 1400. The van der Waals surface area contributed by atoms with Gasteiger partial charge in [-0.3, -0.25) is 8.37 Å². The van der Waals surface area contributed by atoms with Crippen LogP contribution in [0.1, 0.15) is 23.1 Å². The second-order valence-corrected chi connectivity index (χ2v) is 11.6. The fourth-order valence-electron chi connectivity index (χ4n) is 3.69. The highest BCUT2D eigenvalue weighted by Gasteiger charge is 2.35. The quantitative estimate of drug-likeness (QED) is 0.408. The molecule has 0 fully saturated rings. The predicted molar refractivity (Wildman–Crippen MR) is 127 cm³/mol. The van der Waals surface area contributed by atoms with Gasteiger partial charge in [0.05, 0.1) is 16.4 Å². The van der Waals surface area contributed by atoms with E-state index in [9.17, 15) is 21.2 Å². The SMILES string of the molecule is Cc1ccc(S(=O)(=O)OC[C@H](OS(=O)(=O)c2ccc(C)cc2)[C@@H]2CCc3cc(F)ccc3O2)cc1. The molecule has 0 aromatic heterocycles. The van der Waals surface area contributed by atoms with Crippen LogP contribution in [0.25, 0.3) is 0 Å². The van der Waals surface area contributed by atoms with Crippen molar-refractivity contribution in [1.29, 1.82) is 0 Å². The van der Waals surface area contributed by atoms with Crippen LogP contribution in [0.15, 0.2) is 76.5 Å². The maximum Gasteiger partial charge on any atom is 0.297 e. The summed E-state index contributed by atoms with van der Waals surface area (Å²) in [6, 6.07) is 16.2. The Morgan fingerprint density at radius 1 is 0.886 bits per heavy atom. The summed E-state index contributed by atoms with van der Waals surface area (Å²) >= 11 is 0. The van der Waals surface area contributed by atoms with Crippen molar-refractivity contribution in [2.45, 2.75) is 48.7 Å². The van der Waals surface area contributed by atoms with Gasteiger partial charge < -0.3 is 4.74 Å². The molecule has 3 aromatic carbocycles. The third kappa shape index (κ3) is 6.07. The molecule has 0 amide bonds. The molecule has 0 aliphatic carbocycles. The van der Waals surface area contributed by atoms with Crippen molar-refractivity contribution in [3.05, 3.63) is 89.2 Å². The molecular weight excluding hydrogens is 495 g/mol. The Labute approximate surface area is 204 Å². The molecule has 0 unspecified atom stereocenters. The van der Waals surface area contributed by atoms with Gasteiger partial charge in [-0.15, -0.1) is 0 Å². The summed E-state index contributed by atoms with van der Waals surface area (Å²) in [5, 5.41) is 0. The van der Waals surface area contributed by atoms with Gasteiger partial charge >= 0.3 is 0 Å². The lowest BCUT2D eigenvalue weighted by Gasteiger charge is -2.31. The number of ether oxygens (including phenoxy) is 1. The summed E-state index contributed by atoms with van der Waals surface area (Å²) in [4.78, 5) is -0.138. The number of hydrogen-bond donors (Lipinski definition) is 0. The minimum absolute atomic E-state index is 0.0615. The maximum absolute atomic E-state index is 13.6. The van der Waals surface area contributed by atoms with Crippen LogP contribution in [0, 0.1) is 19.7 Å². The molecule has 10 heteroatoms. The summed E-state index contributed by atoms with van der Waals surface area (Å²) in [5.74, 6) is -0.0292. The summed E-state index contributed by atoms with van der Waals surface area (Å²) in [7, 11) is -8.45. The summed E-state index contributed by atoms with van der Waals surface area (Å²) < 4.78 is 81.6. The molecule has 0 bridgehead atoms. The largest absolute Gasteiger partial charge is 0.487 e. The van der Waals surface area contributed by atoms with Crippen molar-refractivity contribution in [2.75, 3.05) is 6.61 Å². The number of rotatable bonds is 8. The normalized spacial score (nSPS) is 16.8. The number of hydrogen-bond acceptors (Lipinski definition) is 7. The summed E-state index contributed by atoms with van der Waals surface area (Å²) in [5.41, 5.74) is 2.38. The molecule has 1 heterocycles. The molecule has 1 aliphatic heterocycles. The van der Waals surface area contributed by atoms with Crippen molar-refractivity contribution >= 4 is 20.2 Å². The topological polar surface area (TPSA) is 96.0 Å². The molecule has 35 heavy (non-hydrogen) atoms. The Morgan fingerprint density at radius 3 is 2.06 bits per heavy atom. The van der Waals surface area contributed by atoms with E-state index in [1.54, 1.807) is 24.3 Å². The average molecular weight is 521 g/mol. The van der Waals surface area contributed by atoms with Gasteiger partial charge in [0.15, 0.2) is 0 Å². The first-order valence-electron chi connectivity index (χ1n) is 10.9. The second-order valence-electron chi connectivity index (χ2n) is 8.40. The first-order valence-corrected chi connectivity index (χ1v) is 13.8. The number of halogens is 1. The lowest BCUT2D eigenvalue weighted by atomic mass is 9.99. The maximum atomic E-state index is 13.6. The fourth-order valence-corrected chi connectivity index (χ4v) is 5.69. The first kappa shape index (κ1) is 25.3. The minimum Gasteiger partial charge on any atom is -0.487 e. The zero-order chi connectivity index (χ0) is 25.2. The van der Waals surface area contributed by atoms with Gasteiger partial charge in [-0.05, 0) is 74.7 Å². The highest BCUT2D eigenvalue weighted by Crippen LogP contribution is 2.31. The van der Waals surface area contributed by atoms with E-state index < -0.39 is 44.9 Å². The van der Waals surface area contributed by atoms with Crippen LogP contribution in [0.4, 0.5) is 4.39 Å². The Hall–Kier alpha value is -2.79. The monoisotopic (exact) mass is 520 g/mol. The molecule has 0 radical (unpaired) electrons. The standard InChI is InChI=1S/C25H25FO7S2/c1-17-3-9-21(10-4-17)34(27,28)31-16-25(33-35(29,30)22-11-5-18(2)6-12-22)24-13-7-19-15-20(26)8-14-23(19)32-24/h3-6,8-12,14-15,24-25H,7,13,16H2,1-2H3/t24-,25-/m0/s1. The molecule has 1 aliphatic rings. The number of benzene rings is 3. The Morgan fingerprint density at radius 2 is 1.46 bits per heavy atom. The van der Waals surface area contributed by atoms with Gasteiger partial charge in [-0.2, -0.15) is 16.8 Å². The third-order valence-electron chi connectivity index (χ3n) is 5.67. The lowest BCUT2D eigenvalue weighted by molar-refractivity contribution is 0.0174. The van der Waals surface area contributed by atoms with Crippen molar-refractivity contribution in [3.63, 3.8) is 0 Å². The molecule has 0 N–H and O–H groups in total. The molecule has 186 valence electrons. The van der Waals surface area contributed by atoms with Crippen LogP contribution in [-0.2, 0) is 35.0 Å². The van der Waals surface area contributed by atoms with Crippen LogP contribution < -0.4 is 4.74 Å². The molecule has 7 nitrogen and oxygen atoms in total. The lowest BCUT2D eigenvalue weighted by Crippen LogP contribution is -2.41. The van der Waals surface area contributed by atoms with Crippen molar-refractivity contribution in [3.8, 4) is 5.75 Å². The van der Waals surface area contributed by atoms with Gasteiger partial charge in [-0.1, -0.05) is 35.4 Å². The Balaban J connectivity index is 1.59. The van der Waals surface area contributed by atoms with E-state index in [4.69, 9.17) is 13.1 Å². The zero-order valence-electron chi connectivity index (χ0n) is 19.2. The van der Waals surface area contributed by atoms with E-state index in [0.717, 1.165) is 11.1 Å². The van der Waals surface area contributed by atoms with E-state index in [1.165, 1.54) is 42.5 Å². The first-order chi connectivity index (χ1) is 16.5. The van der Waals surface area contributed by atoms with Gasteiger partial charge in [0.25, 0.3) is 20.2 Å². The molecule has 3 aromatic rings. The molecule has 0 saturated heterocycles. The van der Waals surface area contributed by atoms with Crippen molar-refractivity contribution in [2.24, 2.45) is 0 Å². The van der Waals surface area contributed by atoms with E-state index in [2.05, 4.69) is 0 Å². The highest BCUT2D eigenvalue weighted by atomic mass is 32.2. The molecular formula is C25H25FO7S2. The van der Waals surface area contributed by atoms with Crippen LogP contribution >= 0.6 is 0 Å². The van der Waals surface area contributed by atoms with Gasteiger partial charge in [0.2, 0.25) is 0 Å². The average Bonchev–Trinajstić information content (AvgIpc) is 2.82. The van der Waals surface area contributed by atoms with Crippen LogP contribution in [0.2, 0.25) is 0 Å². The van der Waals surface area contributed by atoms with E-state index in [-0.39, 0.29) is 16.2 Å². The Kier molecular flexibility index (Phi) is 7.27. The molecule has 4 rings (SSSR count). The minimum atomic E-state index is -4.26. The number of fused-ring (bicyclic) bond motifs is 1. The summed E-state index contributed by atoms with van der Waals surface area (Å²) in [6.45, 7) is 3.05. The molecule has 0 spiro atoms. The second kappa shape index (κ2) is 10.1. The molecule has 0 saturated carbocycles. The van der Waals surface area contributed by atoms with Gasteiger partial charge in [0, 0.05) is 0 Å². The zero-order valence-corrected chi connectivity index (χ0v) is 20.8. The molecule has 2 atom stereocenters. The third-order valence-corrected chi connectivity index (χ3v) is 8.32. The van der Waals surface area contributed by atoms with Crippen LogP contribution in [-0.4, -0.2) is 35.7 Å². The number of aryl methyl sites for hydroxylation is 3. The highest BCUT2D eigenvalue weighted by molar-refractivity contribution is 7.87. The predicted octanol–water partition coefficient (Wildman–Crippen LogP) is 4.32. The van der Waals surface area contributed by atoms with Crippen molar-refractivity contribution < 1.29 is 34.3 Å².